The number of aryl methyl sites for hydroxylation is 1. The number of carbonyl (C=O) groups excluding carboxylic acids is 2. The smallest absolute Gasteiger partial charge is 0.235 e. The fourth-order valence-electron chi connectivity index (χ4n) is 5.56. The normalized spacial score (nSPS) is 34.1. The van der Waals surface area contributed by atoms with Crippen molar-refractivity contribution < 1.29 is 14.7 Å². The van der Waals surface area contributed by atoms with Gasteiger partial charge in [-0.05, 0) is 66.7 Å². The van der Waals surface area contributed by atoms with E-state index < -0.39 is 5.41 Å². The number of hydrogen-bond donors (Lipinski definition) is 1. The van der Waals surface area contributed by atoms with Gasteiger partial charge in [0.25, 0.3) is 0 Å². The molecule has 4 nitrogen and oxygen atoms in total. The third kappa shape index (κ3) is 2.34. The van der Waals surface area contributed by atoms with Gasteiger partial charge in [0.05, 0.1) is 5.41 Å². The zero-order chi connectivity index (χ0) is 17.8. The fraction of sp³-hybridized carbons (Fsp3) is 0.524. The number of imide groups is 1. The number of benzene rings is 1. The second-order valence-electron chi connectivity index (χ2n) is 8.06. The van der Waals surface area contributed by atoms with Gasteiger partial charge in [0.1, 0.15) is 5.75 Å². The van der Waals surface area contributed by atoms with E-state index in [-0.39, 0.29) is 17.7 Å². The summed E-state index contributed by atoms with van der Waals surface area (Å²) in [6.07, 6.45) is 5.79. The first-order valence-corrected chi connectivity index (χ1v) is 9.23. The third-order valence-corrected chi connectivity index (χ3v) is 6.84. The van der Waals surface area contributed by atoms with E-state index in [9.17, 15) is 14.7 Å². The average molecular weight is 339 g/mol. The maximum Gasteiger partial charge on any atom is 0.235 e. The van der Waals surface area contributed by atoms with E-state index in [0.29, 0.717) is 30.6 Å². The van der Waals surface area contributed by atoms with E-state index in [1.54, 1.807) is 12.1 Å². The average Bonchev–Trinajstić information content (AvgIpc) is 2.59. The lowest BCUT2D eigenvalue weighted by Crippen LogP contribution is -2.59. The summed E-state index contributed by atoms with van der Waals surface area (Å²) in [7, 11) is 0. The minimum atomic E-state index is -0.438. The summed E-state index contributed by atoms with van der Waals surface area (Å²) in [6, 6.07) is 5.68. The van der Waals surface area contributed by atoms with Crippen LogP contribution in [0.3, 0.4) is 0 Å². The topological polar surface area (TPSA) is 57.6 Å². The molecule has 2 aliphatic carbocycles. The number of likely N-dealkylation sites (tertiary alicyclic amines) is 1. The zero-order valence-electron chi connectivity index (χ0n) is 14.7. The van der Waals surface area contributed by atoms with Gasteiger partial charge in [-0.15, -0.1) is 6.58 Å². The van der Waals surface area contributed by atoms with E-state index in [2.05, 4.69) is 13.5 Å². The molecule has 3 unspecified atom stereocenters. The Morgan fingerprint density at radius 3 is 2.92 bits per heavy atom. The van der Waals surface area contributed by atoms with Gasteiger partial charge in [-0.25, -0.2) is 0 Å². The molecule has 1 saturated heterocycles. The molecule has 0 bridgehead atoms. The highest BCUT2D eigenvalue weighted by Crippen LogP contribution is 2.58. The first kappa shape index (κ1) is 16.4. The molecule has 132 valence electrons. The Morgan fingerprint density at radius 1 is 1.36 bits per heavy atom. The lowest BCUT2D eigenvalue weighted by Gasteiger charge is -2.54. The standard InChI is InChI=1S/C21H25NO3/c1-3-10-22-19(24)12-18-17-6-4-13-11-14(23)5-7-15(13)16(17)8-9-21(18,2)20(22)25/h3,5,7,11,16-18,23H,1,4,6,8-10,12H2,2H3/t16?,17?,18?,21-/m0/s1. The second kappa shape index (κ2) is 5.72. The summed E-state index contributed by atoms with van der Waals surface area (Å²) in [4.78, 5) is 27.1. The number of hydrogen-bond acceptors (Lipinski definition) is 3. The molecule has 2 fully saturated rings. The number of aromatic hydroxyl groups is 1. The minimum absolute atomic E-state index is 0.0106. The predicted molar refractivity (Wildman–Crippen MR) is 95.0 cm³/mol. The summed E-state index contributed by atoms with van der Waals surface area (Å²) in [5.74, 6) is 1.15. The van der Waals surface area contributed by atoms with Crippen LogP contribution < -0.4 is 0 Å². The summed E-state index contributed by atoms with van der Waals surface area (Å²) in [5, 5.41) is 9.76. The van der Waals surface area contributed by atoms with Crippen molar-refractivity contribution in [3.8, 4) is 5.75 Å². The molecule has 4 heteroatoms. The van der Waals surface area contributed by atoms with Crippen molar-refractivity contribution in [2.24, 2.45) is 17.3 Å². The number of piperidine rings is 1. The van der Waals surface area contributed by atoms with Crippen molar-refractivity contribution in [1.29, 1.82) is 0 Å². The summed E-state index contributed by atoms with van der Waals surface area (Å²) < 4.78 is 0. The molecule has 2 amide bonds. The van der Waals surface area contributed by atoms with E-state index in [0.717, 1.165) is 25.7 Å². The van der Waals surface area contributed by atoms with Crippen LogP contribution in [-0.2, 0) is 16.0 Å². The minimum Gasteiger partial charge on any atom is -0.508 e. The Balaban J connectivity index is 1.69. The summed E-state index contributed by atoms with van der Waals surface area (Å²) in [6.45, 7) is 6.06. The van der Waals surface area contributed by atoms with Crippen molar-refractivity contribution in [1.82, 2.24) is 4.90 Å². The van der Waals surface area contributed by atoms with Crippen LogP contribution >= 0.6 is 0 Å². The van der Waals surface area contributed by atoms with Crippen LogP contribution in [0.25, 0.3) is 0 Å². The Morgan fingerprint density at radius 2 is 2.16 bits per heavy atom. The molecule has 1 aromatic carbocycles. The third-order valence-electron chi connectivity index (χ3n) is 6.84. The molecule has 1 saturated carbocycles. The molecule has 4 rings (SSSR count). The molecule has 0 radical (unpaired) electrons. The van der Waals surface area contributed by atoms with Crippen molar-refractivity contribution >= 4 is 11.8 Å². The van der Waals surface area contributed by atoms with Crippen molar-refractivity contribution in [2.75, 3.05) is 6.54 Å². The van der Waals surface area contributed by atoms with Gasteiger partial charge in [0, 0.05) is 13.0 Å². The summed E-state index contributed by atoms with van der Waals surface area (Å²) >= 11 is 0. The monoisotopic (exact) mass is 339 g/mol. The van der Waals surface area contributed by atoms with Gasteiger partial charge in [-0.2, -0.15) is 0 Å². The lowest BCUT2D eigenvalue weighted by atomic mass is 9.52. The first-order chi connectivity index (χ1) is 12.0. The van der Waals surface area contributed by atoms with E-state index >= 15 is 0 Å². The number of phenolic OH excluding ortho intramolecular Hbond substituents is 1. The largest absolute Gasteiger partial charge is 0.508 e. The van der Waals surface area contributed by atoms with E-state index in [1.165, 1.54) is 16.0 Å². The molecule has 3 aliphatic rings. The molecule has 1 heterocycles. The Hall–Kier alpha value is -2.10. The summed E-state index contributed by atoms with van der Waals surface area (Å²) in [5.41, 5.74) is 2.10. The number of carbonyl (C=O) groups is 2. The molecule has 1 aromatic rings. The van der Waals surface area contributed by atoms with Crippen LogP contribution in [-0.4, -0.2) is 28.4 Å². The number of nitrogens with zero attached hydrogens (tertiary/aromatic N) is 1. The van der Waals surface area contributed by atoms with Crippen molar-refractivity contribution in [3.63, 3.8) is 0 Å². The van der Waals surface area contributed by atoms with Crippen LogP contribution in [0.1, 0.15) is 49.7 Å². The molecule has 1 aliphatic heterocycles. The van der Waals surface area contributed by atoms with Crippen molar-refractivity contribution in [3.05, 3.63) is 42.0 Å². The highest BCUT2D eigenvalue weighted by atomic mass is 16.3. The molecular weight excluding hydrogens is 314 g/mol. The maximum absolute atomic E-state index is 13.1. The highest BCUT2D eigenvalue weighted by molar-refractivity contribution is 6.01. The van der Waals surface area contributed by atoms with Crippen molar-refractivity contribution in [2.45, 2.75) is 44.9 Å². The van der Waals surface area contributed by atoms with Crippen LogP contribution in [0.4, 0.5) is 0 Å². The molecule has 25 heavy (non-hydrogen) atoms. The van der Waals surface area contributed by atoms with Crippen LogP contribution in [0.15, 0.2) is 30.9 Å². The highest BCUT2D eigenvalue weighted by Gasteiger charge is 2.56. The maximum atomic E-state index is 13.1. The second-order valence-corrected chi connectivity index (χ2v) is 8.06. The van der Waals surface area contributed by atoms with Crippen LogP contribution in [0.2, 0.25) is 0 Å². The van der Waals surface area contributed by atoms with E-state index in [4.69, 9.17) is 0 Å². The van der Waals surface area contributed by atoms with Crippen LogP contribution in [0.5, 0.6) is 5.75 Å². The predicted octanol–water partition coefficient (Wildman–Crippen LogP) is 3.40. The molecule has 0 aromatic heterocycles. The van der Waals surface area contributed by atoms with Gasteiger partial charge in [-0.1, -0.05) is 19.1 Å². The number of amides is 2. The van der Waals surface area contributed by atoms with E-state index in [1.807, 2.05) is 12.1 Å². The molecular formula is C21H25NO3. The van der Waals surface area contributed by atoms with Gasteiger partial charge in [0.2, 0.25) is 11.8 Å². The zero-order valence-corrected chi connectivity index (χ0v) is 14.7. The van der Waals surface area contributed by atoms with Crippen LogP contribution in [0, 0.1) is 17.3 Å². The lowest BCUT2D eigenvalue weighted by molar-refractivity contribution is -0.166. The number of rotatable bonds is 2. The molecule has 1 N–H and O–H groups in total. The number of phenols is 1. The molecule has 4 atom stereocenters. The van der Waals surface area contributed by atoms with Gasteiger partial charge < -0.3 is 5.11 Å². The Bertz CT molecular complexity index is 756. The number of fused-ring (bicyclic) bond motifs is 5. The Kier molecular flexibility index (Phi) is 3.75. The van der Waals surface area contributed by atoms with Gasteiger partial charge in [-0.3, -0.25) is 14.5 Å². The Labute approximate surface area is 148 Å². The van der Waals surface area contributed by atoms with Gasteiger partial charge >= 0.3 is 0 Å². The quantitative estimate of drug-likeness (QED) is 0.664. The molecule has 0 spiro atoms. The fourth-order valence-corrected chi connectivity index (χ4v) is 5.56. The SMILES string of the molecule is C=CCN1C(=O)CC2C3CCc4cc(O)ccc4C3CC[C@]2(C)C1=O. The first-order valence-electron chi connectivity index (χ1n) is 9.23. The van der Waals surface area contributed by atoms with Gasteiger partial charge in [0.15, 0.2) is 0 Å².